The summed E-state index contributed by atoms with van der Waals surface area (Å²) in [5, 5.41) is 9.96. The third kappa shape index (κ3) is 2.48. The van der Waals surface area contributed by atoms with Gasteiger partial charge >= 0.3 is 0 Å². The second kappa shape index (κ2) is 5.44. The quantitative estimate of drug-likeness (QED) is 0.804. The molecule has 2 aromatic carbocycles. The standard InChI is InChI=1S/C17H14O5/c1-20-12-5-10(6-13(8-12)21-2)16-9-15(19)14-4-3-11(18)7-17(14)22-16/h3-9,18H,1-2H3. The van der Waals surface area contributed by atoms with Crippen LogP contribution in [0, 0.1) is 0 Å². The van der Waals surface area contributed by atoms with Crippen molar-refractivity contribution in [3.05, 3.63) is 52.7 Å². The minimum atomic E-state index is -0.182. The molecule has 0 saturated carbocycles. The van der Waals surface area contributed by atoms with E-state index in [0.29, 0.717) is 33.8 Å². The van der Waals surface area contributed by atoms with E-state index in [2.05, 4.69) is 0 Å². The topological polar surface area (TPSA) is 68.9 Å². The lowest BCUT2D eigenvalue weighted by molar-refractivity contribution is 0.394. The molecular weight excluding hydrogens is 284 g/mol. The van der Waals surface area contributed by atoms with E-state index in [-0.39, 0.29) is 11.2 Å². The number of fused-ring (bicyclic) bond motifs is 1. The first-order chi connectivity index (χ1) is 10.6. The van der Waals surface area contributed by atoms with Gasteiger partial charge < -0.3 is 19.0 Å². The van der Waals surface area contributed by atoms with Crippen LogP contribution in [0.25, 0.3) is 22.3 Å². The van der Waals surface area contributed by atoms with Crippen LogP contribution < -0.4 is 14.9 Å². The van der Waals surface area contributed by atoms with Crippen molar-refractivity contribution in [2.24, 2.45) is 0 Å². The van der Waals surface area contributed by atoms with Gasteiger partial charge in [0.05, 0.1) is 19.6 Å². The molecule has 0 unspecified atom stereocenters. The van der Waals surface area contributed by atoms with Gasteiger partial charge in [0.15, 0.2) is 5.43 Å². The molecule has 1 heterocycles. The molecule has 1 aromatic heterocycles. The Bertz CT molecular complexity index is 873. The van der Waals surface area contributed by atoms with E-state index >= 15 is 0 Å². The first-order valence-corrected chi connectivity index (χ1v) is 6.61. The molecule has 0 amide bonds. The molecule has 0 saturated heterocycles. The Morgan fingerprint density at radius 2 is 1.64 bits per heavy atom. The lowest BCUT2D eigenvalue weighted by atomic mass is 10.1. The van der Waals surface area contributed by atoms with Crippen LogP contribution in [0.5, 0.6) is 17.2 Å². The fraction of sp³-hybridized carbons (Fsp3) is 0.118. The largest absolute Gasteiger partial charge is 0.508 e. The van der Waals surface area contributed by atoms with Crippen LogP contribution in [0.15, 0.2) is 51.7 Å². The van der Waals surface area contributed by atoms with E-state index in [1.165, 1.54) is 24.3 Å². The lowest BCUT2D eigenvalue weighted by Gasteiger charge is -2.08. The van der Waals surface area contributed by atoms with Gasteiger partial charge in [0, 0.05) is 23.8 Å². The summed E-state index contributed by atoms with van der Waals surface area (Å²) in [6, 6.07) is 11.0. The fourth-order valence-corrected chi connectivity index (χ4v) is 2.24. The number of phenols is 1. The molecule has 1 N–H and O–H groups in total. The van der Waals surface area contributed by atoms with Gasteiger partial charge in [-0.2, -0.15) is 0 Å². The zero-order valence-electron chi connectivity index (χ0n) is 12.1. The molecule has 0 aliphatic rings. The van der Waals surface area contributed by atoms with Gasteiger partial charge in [0.1, 0.15) is 28.6 Å². The predicted octanol–water partition coefficient (Wildman–Crippen LogP) is 3.18. The van der Waals surface area contributed by atoms with Crippen LogP contribution >= 0.6 is 0 Å². The summed E-state index contributed by atoms with van der Waals surface area (Å²) < 4.78 is 16.2. The lowest BCUT2D eigenvalue weighted by Crippen LogP contribution is -2.00. The van der Waals surface area contributed by atoms with E-state index in [1.807, 2.05) is 0 Å². The molecule has 5 nitrogen and oxygen atoms in total. The molecule has 0 aliphatic heterocycles. The van der Waals surface area contributed by atoms with Gasteiger partial charge in [0.2, 0.25) is 0 Å². The van der Waals surface area contributed by atoms with E-state index in [9.17, 15) is 9.90 Å². The average molecular weight is 298 g/mol. The summed E-state index contributed by atoms with van der Waals surface area (Å²) in [5.41, 5.74) is 0.792. The minimum Gasteiger partial charge on any atom is -0.508 e. The second-order valence-electron chi connectivity index (χ2n) is 4.76. The molecule has 0 bridgehead atoms. The average Bonchev–Trinajstić information content (AvgIpc) is 2.53. The Labute approximate surface area is 126 Å². The molecule has 0 atom stereocenters. The SMILES string of the molecule is COc1cc(OC)cc(-c2cc(=O)c3ccc(O)cc3o2)c1. The Morgan fingerprint density at radius 1 is 0.955 bits per heavy atom. The van der Waals surface area contributed by atoms with Gasteiger partial charge in [-0.05, 0) is 24.3 Å². The Hall–Kier alpha value is -2.95. The van der Waals surface area contributed by atoms with Crippen LogP contribution in [0.2, 0.25) is 0 Å². The van der Waals surface area contributed by atoms with Gasteiger partial charge in [-0.3, -0.25) is 4.79 Å². The maximum absolute atomic E-state index is 12.2. The van der Waals surface area contributed by atoms with Crippen LogP contribution in [0.3, 0.4) is 0 Å². The van der Waals surface area contributed by atoms with E-state index < -0.39 is 0 Å². The summed E-state index contributed by atoms with van der Waals surface area (Å²) >= 11 is 0. The van der Waals surface area contributed by atoms with Crippen molar-refractivity contribution in [2.45, 2.75) is 0 Å². The third-order valence-electron chi connectivity index (χ3n) is 3.35. The summed E-state index contributed by atoms with van der Waals surface area (Å²) in [6.45, 7) is 0. The van der Waals surface area contributed by atoms with Gasteiger partial charge in [-0.25, -0.2) is 0 Å². The van der Waals surface area contributed by atoms with Crippen molar-refractivity contribution in [3.63, 3.8) is 0 Å². The Balaban J connectivity index is 2.24. The number of phenolic OH excluding ortho intramolecular Hbond substituents is 1. The summed E-state index contributed by atoms with van der Waals surface area (Å²) in [6.07, 6.45) is 0. The summed E-state index contributed by atoms with van der Waals surface area (Å²) in [5.74, 6) is 1.59. The maximum atomic E-state index is 12.2. The van der Waals surface area contributed by atoms with Gasteiger partial charge in [0.25, 0.3) is 0 Å². The van der Waals surface area contributed by atoms with Crippen LogP contribution in [-0.2, 0) is 0 Å². The van der Waals surface area contributed by atoms with Crippen molar-refractivity contribution in [1.29, 1.82) is 0 Å². The fourth-order valence-electron chi connectivity index (χ4n) is 2.24. The Morgan fingerprint density at radius 3 is 2.27 bits per heavy atom. The zero-order valence-corrected chi connectivity index (χ0v) is 12.1. The van der Waals surface area contributed by atoms with Gasteiger partial charge in [-0.1, -0.05) is 0 Å². The van der Waals surface area contributed by atoms with E-state index in [1.54, 1.807) is 32.4 Å². The number of aromatic hydroxyl groups is 1. The molecular formula is C17H14O5. The first kappa shape index (κ1) is 14.0. The normalized spacial score (nSPS) is 10.6. The molecule has 0 radical (unpaired) electrons. The highest BCUT2D eigenvalue weighted by Gasteiger charge is 2.10. The van der Waals surface area contributed by atoms with Crippen molar-refractivity contribution < 1.29 is 19.0 Å². The molecule has 0 spiro atoms. The number of benzene rings is 2. The smallest absolute Gasteiger partial charge is 0.193 e. The molecule has 0 aliphatic carbocycles. The monoisotopic (exact) mass is 298 g/mol. The molecule has 3 rings (SSSR count). The van der Waals surface area contributed by atoms with Crippen LogP contribution in [0.1, 0.15) is 0 Å². The zero-order chi connectivity index (χ0) is 15.7. The highest BCUT2D eigenvalue weighted by molar-refractivity contribution is 5.80. The van der Waals surface area contributed by atoms with Crippen LogP contribution in [-0.4, -0.2) is 19.3 Å². The van der Waals surface area contributed by atoms with Gasteiger partial charge in [-0.15, -0.1) is 0 Å². The van der Waals surface area contributed by atoms with E-state index in [4.69, 9.17) is 13.9 Å². The number of hydrogen-bond donors (Lipinski definition) is 1. The highest BCUT2D eigenvalue weighted by atomic mass is 16.5. The molecule has 22 heavy (non-hydrogen) atoms. The van der Waals surface area contributed by atoms with Crippen molar-refractivity contribution in [3.8, 4) is 28.6 Å². The van der Waals surface area contributed by atoms with Crippen molar-refractivity contribution in [2.75, 3.05) is 14.2 Å². The highest BCUT2D eigenvalue weighted by Crippen LogP contribution is 2.31. The maximum Gasteiger partial charge on any atom is 0.193 e. The third-order valence-corrected chi connectivity index (χ3v) is 3.35. The number of methoxy groups -OCH3 is 2. The molecule has 112 valence electrons. The first-order valence-electron chi connectivity index (χ1n) is 6.61. The summed E-state index contributed by atoms with van der Waals surface area (Å²) in [7, 11) is 3.10. The predicted molar refractivity (Wildman–Crippen MR) is 82.7 cm³/mol. The molecule has 3 aromatic rings. The molecule has 0 fully saturated rings. The van der Waals surface area contributed by atoms with Crippen molar-refractivity contribution >= 4 is 11.0 Å². The minimum absolute atomic E-state index is 0.0380. The second-order valence-corrected chi connectivity index (χ2v) is 4.76. The van der Waals surface area contributed by atoms with Crippen molar-refractivity contribution in [1.82, 2.24) is 0 Å². The summed E-state index contributed by atoms with van der Waals surface area (Å²) in [4.78, 5) is 12.2. The van der Waals surface area contributed by atoms with Crippen LogP contribution in [0.4, 0.5) is 0 Å². The number of ether oxygens (including phenoxy) is 2. The number of hydrogen-bond acceptors (Lipinski definition) is 5. The Kier molecular flexibility index (Phi) is 3.47. The number of rotatable bonds is 3. The van der Waals surface area contributed by atoms with E-state index in [0.717, 1.165) is 0 Å². The molecule has 5 heteroatoms.